The molecule has 0 heterocycles. The number of carboxylic acid groups (broad SMARTS) is 1. The summed E-state index contributed by atoms with van der Waals surface area (Å²) in [6.45, 7) is 2.85. The van der Waals surface area contributed by atoms with Crippen LogP contribution in [0.5, 0.6) is 0 Å². The van der Waals surface area contributed by atoms with Crippen LogP contribution in [0.25, 0.3) is 0 Å². The molecule has 0 aliphatic carbocycles. The highest BCUT2D eigenvalue weighted by Crippen LogP contribution is 2.16. The van der Waals surface area contributed by atoms with Gasteiger partial charge in [-0.05, 0) is 18.6 Å². The fraction of sp³-hybridized carbons (Fsp3) is 0.467. The van der Waals surface area contributed by atoms with Gasteiger partial charge in [0.25, 0.3) is 5.91 Å². The molecule has 6 heteroatoms. The van der Waals surface area contributed by atoms with E-state index in [2.05, 4.69) is 0 Å². The molecule has 1 aromatic rings. The lowest BCUT2D eigenvalue weighted by Gasteiger charge is -2.31. The summed E-state index contributed by atoms with van der Waals surface area (Å²) < 4.78 is 13.7. The second kappa shape index (κ2) is 7.73. The summed E-state index contributed by atoms with van der Waals surface area (Å²) in [6.07, 6.45) is 0.447. The zero-order valence-corrected chi connectivity index (χ0v) is 12.1. The number of carboxylic acids is 1. The molecule has 0 aromatic heterocycles. The summed E-state index contributed by atoms with van der Waals surface area (Å²) >= 11 is 0. The first-order chi connectivity index (χ1) is 9.92. The van der Waals surface area contributed by atoms with Gasteiger partial charge in [0, 0.05) is 6.54 Å². The Balaban J connectivity index is 3.08. The lowest BCUT2D eigenvalue weighted by atomic mass is 10.1. The molecule has 0 radical (unpaired) electrons. The molecule has 0 spiro atoms. The molecule has 2 unspecified atom stereocenters. The van der Waals surface area contributed by atoms with Crippen LogP contribution in [0.3, 0.4) is 0 Å². The Morgan fingerprint density at radius 3 is 2.43 bits per heavy atom. The Bertz CT molecular complexity index is 502. The van der Waals surface area contributed by atoms with Crippen LogP contribution in [-0.2, 0) is 4.79 Å². The van der Waals surface area contributed by atoms with Crippen molar-refractivity contribution in [3.8, 4) is 0 Å². The van der Waals surface area contributed by atoms with Gasteiger partial charge in [-0.15, -0.1) is 0 Å². The number of carbonyl (C=O) groups is 2. The molecule has 0 bridgehead atoms. The van der Waals surface area contributed by atoms with Crippen LogP contribution in [0.1, 0.15) is 30.6 Å². The molecule has 2 atom stereocenters. The molecular weight excluding hydrogens is 277 g/mol. The SMILES string of the molecule is CCC(CO)N(CC(C)C(=O)O)C(=O)c1ccccc1F. The molecule has 1 aromatic carbocycles. The Morgan fingerprint density at radius 2 is 1.95 bits per heavy atom. The maximum Gasteiger partial charge on any atom is 0.308 e. The number of aliphatic hydroxyl groups is 1. The van der Waals surface area contributed by atoms with Crippen molar-refractivity contribution in [2.45, 2.75) is 26.3 Å². The molecule has 0 aliphatic heterocycles. The van der Waals surface area contributed by atoms with E-state index >= 15 is 0 Å². The highest BCUT2D eigenvalue weighted by atomic mass is 19.1. The van der Waals surface area contributed by atoms with E-state index in [1.807, 2.05) is 0 Å². The third kappa shape index (κ3) is 4.26. The number of aliphatic hydroxyl groups excluding tert-OH is 1. The maximum absolute atomic E-state index is 13.7. The molecule has 1 amide bonds. The van der Waals surface area contributed by atoms with Crippen LogP contribution in [0.15, 0.2) is 24.3 Å². The Labute approximate surface area is 123 Å². The summed E-state index contributed by atoms with van der Waals surface area (Å²) in [7, 11) is 0. The number of hydrogen-bond donors (Lipinski definition) is 2. The quantitative estimate of drug-likeness (QED) is 0.804. The number of aliphatic carboxylic acids is 1. The minimum absolute atomic E-state index is 0.0818. The van der Waals surface area contributed by atoms with Gasteiger partial charge >= 0.3 is 5.97 Å². The van der Waals surface area contributed by atoms with Crippen molar-refractivity contribution in [1.82, 2.24) is 4.90 Å². The standard InChI is InChI=1S/C15H20FNO4/c1-3-11(9-18)17(8-10(2)15(20)21)14(19)12-6-4-5-7-13(12)16/h4-7,10-11,18H,3,8-9H2,1-2H3,(H,20,21). The zero-order chi connectivity index (χ0) is 16.0. The van der Waals surface area contributed by atoms with E-state index in [0.717, 1.165) is 0 Å². The average Bonchev–Trinajstić information content (AvgIpc) is 2.46. The number of rotatable bonds is 7. The van der Waals surface area contributed by atoms with E-state index in [0.29, 0.717) is 6.42 Å². The van der Waals surface area contributed by atoms with Crippen LogP contribution < -0.4 is 0 Å². The van der Waals surface area contributed by atoms with Gasteiger partial charge in [-0.2, -0.15) is 0 Å². The third-order valence-corrected chi connectivity index (χ3v) is 3.38. The largest absolute Gasteiger partial charge is 0.481 e. The van der Waals surface area contributed by atoms with Crippen molar-refractivity contribution >= 4 is 11.9 Å². The van der Waals surface area contributed by atoms with Gasteiger partial charge in [0.1, 0.15) is 5.82 Å². The van der Waals surface area contributed by atoms with Crippen molar-refractivity contribution in [1.29, 1.82) is 0 Å². The summed E-state index contributed by atoms with van der Waals surface area (Å²) in [4.78, 5) is 24.7. The van der Waals surface area contributed by atoms with Crippen molar-refractivity contribution in [3.05, 3.63) is 35.6 Å². The minimum Gasteiger partial charge on any atom is -0.481 e. The van der Waals surface area contributed by atoms with E-state index in [4.69, 9.17) is 5.11 Å². The first kappa shape index (κ1) is 17.1. The van der Waals surface area contributed by atoms with Crippen LogP contribution >= 0.6 is 0 Å². The third-order valence-electron chi connectivity index (χ3n) is 3.38. The summed E-state index contributed by atoms with van der Waals surface area (Å²) in [5, 5.41) is 18.4. The van der Waals surface area contributed by atoms with Crippen LogP contribution in [0.2, 0.25) is 0 Å². The molecule has 0 saturated heterocycles. The molecule has 1 rings (SSSR count). The lowest BCUT2D eigenvalue weighted by molar-refractivity contribution is -0.141. The Hall–Kier alpha value is -1.95. The lowest BCUT2D eigenvalue weighted by Crippen LogP contribution is -2.45. The predicted molar refractivity (Wildman–Crippen MR) is 75.4 cm³/mol. The van der Waals surface area contributed by atoms with Crippen LogP contribution in [-0.4, -0.2) is 46.2 Å². The molecular formula is C15H20FNO4. The van der Waals surface area contributed by atoms with E-state index in [9.17, 15) is 19.1 Å². The van der Waals surface area contributed by atoms with Gasteiger partial charge < -0.3 is 15.1 Å². The Kier molecular flexibility index (Phi) is 6.30. The number of nitrogens with zero attached hydrogens (tertiary/aromatic N) is 1. The number of halogens is 1. The monoisotopic (exact) mass is 297 g/mol. The van der Waals surface area contributed by atoms with Gasteiger partial charge in [-0.1, -0.05) is 26.0 Å². The normalized spacial score (nSPS) is 13.5. The summed E-state index contributed by atoms with van der Waals surface area (Å²) in [6, 6.07) is 4.99. The smallest absolute Gasteiger partial charge is 0.308 e. The maximum atomic E-state index is 13.7. The van der Waals surface area contributed by atoms with Crippen molar-refractivity contribution < 1.29 is 24.2 Å². The van der Waals surface area contributed by atoms with Crippen LogP contribution in [0.4, 0.5) is 4.39 Å². The van der Waals surface area contributed by atoms with Gasteiger partial charge in [0.2, 0.25) is 0 Å². The Morgan fingerprint density at radius 1 is 1.33 bits per heavy atom. The van der Waals surface area contributed by atoms with E-state index < -0.39 is 29.7 Å². The number of benzene rings is 1. The highest BCUT2D eigenvalue weighted by molar-refractivity contribution is 5.95. The molecule has 0 aliphatic rings. The molecule has 0 fully saturated rings. The second-order valence-corrected chi connectivity index (χ2v) is 4.92. The van der Waals surface area contributed by atoms with Gasteiger partial charge in [-0.3, -0.25) is 9.59 Å². The van der Waals surface area contributed by atoms with Gasteiger partial charge in [-0.25, -0.2) is 4.39 Å². The molecule has 2 N–H and O–H groups in total. The minimum atomic E-state index is -1.05. The van der Waals surface area contributed by atoms with E-state index in [1.54, 1.807) is 6.92 Å². The van der Waals surface area contributed by atoms with Gasteiger partial charge in [0.05, 0.1) is 24.1 Å². The first-order valence-corrected chi connectivity index (χ1v) is 6.81. The molecule has 5 nitrogen and oxygen atoms in total. The average molecular weight is 297 g/mol. The van der Waals surface area contributed by atoms with Crippen molar-refractivity contribution in [3.63, 3.8) is 0 Å². The zero-order valence-electron chi connectivity index (χ0n) is 12.1. The molecule has 116 valence electrons. The second-order valence-electron chi connectivity index (χ2n) is 4.92. The fourth-order valence-electron chi connectivity index (χ4n) is 2.01. The van der Waals surface area contributed by atoms with Crippen molar-refractivity contribution in [2.24, 2.45) is 5.92 Å². The van der Waals surface area contributed by atoms with E-state index in [1.165, 1.54) is 36.1 Å². The van der Waals surface area contributed by atoms with Gasteiger partial charge in [0.15, 0.2) is 0 Å². The molecule has 21 heavy (non-hydrogen) atoms. The summed E-state index contributed by atoms with van der Waals surface area (Å²) in [5.41, 5.74) is -0.123. The number of hydrogen-bond acceptors (Lipinski definition) is 3. The summed E-state index contributed by atoms with van der Waals surface area (Å²) in [5.74, 6) is -3.12. The van der Waals surface area contributed by atoms with Crippen molar-refractivity contribution in [2.75, 3.05) is 13.2 Å². The number of amides is 1. The number of carbonyl (C=O) groups excluding carboxylic acids is 1. The van der Waals surface area contributed by atoms with Crippen LogP contribution in [0, 0.1) is 11.7 Å². The predicted octanol–water partition coefficient (Wildman–Crippen LogP) is 1.76. The fourth-order valence-corrected chi connectivity index (χ4v) is 2.01. The van der Waals surface area contributed by atoms with E-state index in [-0.39, 0.29) is 18.7 Å². The highest BCUT2D eigenvalue weighted by Gasteiger charge is 2.28. The first-order valence-electron chi connectivity index (χ1n) is 6.81. The molecule has 0 saturated carbocycles. The topological polar surface area (TPSA) is 77.8 Å².